The molecule has 0 bridgehead atoms. The first-order valence-corrected chi connectivity index (χ1v) is 6.91. The lowest BCUT2D eigenvalue weighted by atomic mass is 10.2. The third kappa shape index (κ3) is 4.42. The Labute approximate surface area is 119 Å². The van der Waals surface area contributed by atoms with Crippen LogP contribution < -0.4 is 14.8 Å². The Morgan fingerprint density at radius 2 is 2.10 bits per heavy atom. The van der Waals surface area contributed by atoms with Gasteiger partial charge in [-0.3, -0.25) is 0 Å². The minimum absolute atomic E-state index is 0.115. The lowest BCUT2D eigenvalue weighted by molar-refractivity contribution is -0.142. The third-order valence-electron chi connectivity index (χ3n) is 3.05. The van der Waals surface area contributed by atoms with E-state index in [4.69, 9.17) is 9.47 Å². The van der Waals surface area contributed by atoms with Gasteiger partial charge >= 0.3 is 5.97 Å². The summed E-state index contributed by atoms with van der Waals surface area (Å²) in [5.41, 5.74) is 1.14. The molecule has 1 aliphatic rings. The molecule has 2 rings (SSSR count). The summed E-state index contributed by atoms with van der Waals surface area (Å²) in [6.07, 6.45) is 2.53. The number of esters is 1. The molecule has 0 unspecified atom stereocenters. The number of rotatable bonds is 8. The van der Waals surface area contributed by atoms with Crippen LogP contribution in [0.4, 0.5) is 0 Å². The molecule has 110 valence electrons. The Morgan fingerprint density at radius 3 is 2.75 bits per heavy atom. The van der Waals surface area contributed by atoms with Crippen LogP contribution in [0.25, 0.3) is 0 Å². The van der Waals surface area contributed by atoms with Crippen molar-refractivity contribution < 1.29 is 19.0 Å². The van der Waals surface area contributed by atoms with Crippen LogP contribution >= 0.6 is 0 Å². The molecule has 1 aliphatic carbocycles. The van der Waals surface area contributed by atoms with E-state index in [0.29, 0.717) is 24.1 Å². The molecule has 1 saturated carbocycles. The number of methoxy groups -OCH3 is 1. The Morgan fingerprint density at radius 1 is 1.30 bits per heavy atom. The van der Waals surface area contributed by atoms with E-state index in [2.05, 4.69) is 10.1 Å². The van der Waals surface area contributed by atoms with Gasteiger partial charge in [0.2, 0.25) is 0 Å². The molecule has 20 heavy (non-hydrogen) atoms. The van der Waals surface area contributed by atoms with Crippen LogP contribution in [0.15, 0.2) is 18.2 Å². The van der Waals surface area contributed by atoms with Gasteiger partial charge in [-0.2, -0.15) is 0 Å². The van der Waals surface area contributed by atoms with Crippen LogP contribution in [0.1, 0.15) is 25.3 Å². The Bertz CT molecular complexity index is 457. The zero-order chi connectivity index (χ0) is 14.4. The van der Waals surface area contributed by atoms with Crippen molar-refractivity contribution in [3.8, 4) is 11.5 Å². The van der Waals surface area contributed by atoms with Gasteiger partial charge < -0.3 is 19.5 Å². The minimum atomic E-state index is -0.410. The maximum Gasteiger partial charge on any atom is 0.343 e. The van der Waals surface area contributed by atoms with E-state index in [1.807, 2.05) is 25.1 Å². The van der Waals surface area contributed by atoms with Gasteiger partial charge in [0.05, 0.1) is 13.7 Å². The monoisotopic (exact) mass is 279 g/mol. The highest BCUT2D eigenvalue weighted by atomic mass is 16.6. The summed E-state index contributed by atoms with van der Waals surface area (Å²) in [6.45, 7) is 3.17. The van der Waals surface area contributed by atoms with Gasteiger partial charge in [0.25, 0.3) is 0 Å². The zero-order valence-corrected chi connectivity index (χ0v) is 12.0. The molecule has 0 heterocycles. The molecule has 0 atom stereocenters. The predicted octanol–water partition coefficient (Wildman–Crippen LogP) is 1.89. The van der Waals surface area contributed by atoms with Crippen molar-refractivity contribution in [2.24, 2.45) is 0 Å². The summed E-state index contributed by atoms with van der Waals surface area (Å²) in [5.74, 6) is 0.811. The summed E-state index contributed by atoms with van der Waals surface area (Å²) >= 11 is 0. The molecule has 5 heteroatoms. The molecule has 1 fully saturated rings. The second-order valence-electron chi connectivity index (χ2n) is 4.73. The summed E-state index contributed by atoms with van der Waals surface area (Å²) in [7, 11) is 1.34. The Hall–Kier alpha value is -1.75. The third-order valence-corrected chi connectivity index (χ3v) is 3.05. The quantitative estimate of drug-likeness (QED) is 0.736. The first kappa shape index (κ1) is 14.7. The van der Waals surface area contributed by atoms with E-state index in [0.717, 1.165) is 12.1 Å². The molecule has 1 aromatic carbocycles. The topological polar surface area (TPSA) is 56.8 Å². The second-order valence-corrected chi connectivity index (χ2v) is 4.73. The van der Waals surface area contributed by atoms with Crippen LogP contribution in [-0.4, -0.2) is 32.3 Å². The maximum absolute atomic E-state index is 11.1. The van der Waals surface area contributed by atoms with Gasteiger partial charge in [0.1, 0.15) is 0 Å². The highest BCUT2D eigenvalue weighted by Gasteiger charge is 2.20. The molecule has 0 saturated heterocycles. The molecule has 0 aliphatic heterocycles. The lowest BCUT2D eigenvalue weighted by Gasteiger charge is -2.13. The van der Waals surface area contributed by atoms with Crippen molar-refractivity contribution in [3.63, 3.8) is 0 Å². The van der Waals surface area contributed by atoms with E-state index in [1.54, 1.807) is 0 Å². The fourth-order valence-electron chi connectivity index (χ4n) is 1.80. The van der Waals surface area contributed by atoms with Gasteiger partial charge in [0.15, 0.2) is 18.1 Å². The molecule has 0 amide bonds. The number of nitrogens with one attached hydrogen (secondary N) is 1. The summed E-state index contributed by atoms with van der Waals surface area (Å²) in [6, 6.07) is 6.43. The van der Waals surface area contributed by atoms with E-state index in [9.17, 15) is 4.79 Å². The zero-order valence-electron chi connectivity index (χ0n) is 12.0. The largest absolute Gasteiger partial charge is 0.490 e. The molecule has 1 aromatic rings. The second kappa shape index (κ2) is 7.14. The normalized spacial score (nSPS) is 13.9. The van der Waals surface area contributed by atoms with Crippen molar-refractivity contribution >= 4 is 5.97 Å². The highest BCUT2D eigenvalue weighted by molar-refractivity contribution is 5.71. The number of hydrogen-bond donors (Lipinski definition) is 1. The van der Waals surface area contributed by atoms with Gasteiger partial charge in [-0.25, -0.2) is 4.79 Å². The van der Waals surface area contributed by atoms with Crippen LogP contribution in [0.2, 0.25) is 0 Å². The van der Waals surface area contributed by atoms with Crippen LogP contribution in [0.3, 0.4) is 0 Å². The van der Waals surface area contributed by atoms with Crippen molar-refractivity contribution in [1.29, 1.82) is 0 Å². The van der Waals surface area contributed by atoms with Crippen LogP contribution in [0, 0.1) is 0 Å². The van der Waals surface area contributed by atoms with Gasteiger partial charge in [-0.05, 0) is 37.5 Å². The molecule has 0 radical (unpaired) electrons. The average molecular weight is 279 g/mol. The lowest BCUT2D eigenvalue weighted by Crippen LogP contribution is -2.16. The van der Waals surface area contributed by atoms with Crippen molar-refractivity contribution in [3.05, 3.63) is 23.8 Å². The maximum atomic E-state index is 11.1. The van der Waals surface area contributed by atoms with Crippen molar-refractivity contribution in [1.82, 2.24) is 5.32 Å². The number of hydrogen-bond acceptors (Lipinski definition) is 5. The van der Waals surface area contributed by atoms with Gasteiger partial charge in [-0.15, -0.1) is 0 Å². The summed E-state index contributed by atoms with van der Waals surface area (Å²) in [5, 5.41) is 3.45. The molecular formula is C15H21NO4. The van der Waals surface area contributed by atoms with Gasteiger partial charge in [0, 0.05) is 12.6 Å². The summed E-state index contributed by atoms with van der Waals surface area (Å²) in [4.78, 5) is 11.1. The van der Waals surface area contributed by atoms with E-state index < -0.39 is 5.97 Å². The molecular weight excluding hydrogens is 258 g/mol. The van der Waals surface area contributed by atoms with E-state index in [-0.39, 0.29) is 6.61 Å². The fourth-order valence-corrected chi connectivity index (χ4v) is 1.80. The molecule has 0 spiro atoms. The highest BCUT2D eigenvalue weighted by Crippen LogP contribution is 2.29. The number of carbonyl (C=O) groups is 1. The Kier molecular flexibility index (Phi) is 5.24. The standard InChI is InChI=1S/C15H21NO4/c1-3-19-14-8-11(9-16-12-5-6-12)4-7-13(14)20-10-15(17)18-2/h4,7-8,12,16H,3,5-6,9-10H2,1-2H3. The first-order chi connectivity index (χ1) is 9.72. The average Bonchev–Trinajstić information content (AvgIpc) is 3.28. The van der Waals surface area contributed by atoms with Crippen LogP contribution in [-0.2, 0) is 16.1 Å². The number of ether oxygens (including phenoxy) is 3. The molecule has 1 N–H and O–H groups in total. The first-order valence-electron chi connectivity index (χ1n) is 6.91. The predicted molar refractivity (Wildman–Crippen MR) is 75.0 cm³/mol. The van der Waals surface area contributed by atoms with Crippen molar-refractivity contribution in [2.45, 2.75) is 32.4 Å². The number of benzene rings is 1. The van der Waals surface area contributed by atoms with Crippen molar-refractivity contribution in [2.75, 3.05) is 20.3 Å². The van der Waals surface area contributed by atoms with E-state index in [1.165, 1.54) is 20.0 Å². The molecule has 0 aromatic heterocycles. The smallest absolute Gasteiger partial charge is 0.343 e. The SMILES string of the molecule is CCOc1cc(CNC2CC2)ccc1OCC(=O)OC. The summed E-state index contributed by atoms with van der Waals surface area (Å²) < 4.78 is 15.5. The fraction of sp³-hybridized carbons (Fsp3) is 0.533. The minimum Gasteiger partial charge on any atom is -0.490 e. The Balaban J connectivity index is 1.99. The van der Waals surface area contributed by atoms with E-state index >= 15 is 0 Å². The number of carbonyl (C=O) groups excluding carboxylic acids is 1. The van der Waals surface area contributed by atoms with Crippen LogP contribution in [0.5, 0.6) is 11.5 Å². The molecule has 5 nitrogen and oxygen atoms in total. The van der Waals surface area contributed by atoms with Gasteiger partial charge in [-0.1, -0.05) is 6.07 Å².